The van der Waals surface area contributed by atoms with Crippen molar-refractivity contribution >= 4 is 70.5 Å². The van der Waals surface area contributed by atoms with Gasteiger partial charge in [-0.3, -0.25) is 19.4 Å². The van der Waals surface area contributed by atoms with Gasteiger partial charge in [-0.05, 0) is 112 Å². The molecule has 0 bridgehead atoms. The maximum absolute atomic E-state index is 12.9. The highest BCUT2D eigenvalue weighted by atomic mass is 127. The van der Waals surface area contributed by atoms with Gasteiger partial charge in [0, 0.05) is 76.8 Å². The molecule has 15 nitrogen and oxygen atoms in total. The molecule has 0 saturated carbocycles. The van der Waals surface area contributed by atoms with Crippen molar-refractivity contribution in [1.29, 1.82) is 0 Å². The maximum atomic E-state index is 12.9. The van der Waals surface area contributed by atoms with Crippen molar-refractivity contribution in [3.63, 3.8) is 0 Å². The van der Waals surface area contributed by atoms with Gasteiger partial charge in [0.15, 0.2) is 5.78 Å². The first kappa shape index (κ1) is 69.7. The van der Waals surface area contributed by atoms with Gasteiger partial charge in [-0.1, -0.05) is 22.0 Å². The van der Waals surface area contributed by atoms with E-state index in [1.54, 1.807) is 39.4 Å². The highest BCUT2D eigenvalue weighted by molar-refractivity contribution is 14.0. The molecular weight excluding hydrogens is 1280 g/mol. The molecule has 4 heterocycles. The van der Waals surface area contributed by atoms with Gasteiger partial charge in [0.2, 0.25) is 0 Å². The number of aliphatic hydroxyl groups is 1. The van der Waals surface area contributed by atoms with E-state index in [1.165, 1.54) is 56.9 Å². The number of carbonyl (C=O) groups excluding carboxylic acids is 3. The predicted molar refractivity (Wildman–Crippen MR) is 289 cm³/mol. The minimum atomic E-state index is -4.53. The third-order valence-corrected chi connectivity index (χ3v) is 10.5. The van der Waals surface area contributed by atoms with Crippen molar-refractivity contribution in [2.45, 2.75) is 72.0 Å². The molecule has 81 heavy (non-hydrogen) atoms. The number of nitrogens with zero attached hydrogens (tertiary/aromatic N) is 7. The number of anilines is 1. The zero-order valence-electron chi connectivity index (χ0n) is 43.1. The third kappa shape index (κ3) is 23.3. The van der Waals surface area contributed by atoms with E-state index < -0.39 is 52.7 Å². The van der Waals surface area contributed by atoms with Crippen LogP contribution in [0, 0.1) is 20.8 Å². The number of aliphatic imine (C=N–C) groups is 1. The van der Waals surface area contributed by atoms with Crippen LogP contribution in [0.15, 0.2) is 132 Å². The van der Waals surface area contributed by atoms with Crippen molar-refractivity contribution in [2.24, 2.45) is 10.7 Å². The van der Waals surface area contributed by atoms with Crippen LogP contribution in [0.2, 0.25) is 0 Å². The Morgan fingerprint density at radius 3 is 1.32 bits per heavy atom. The predicted octanol–water partition coefficient (Wildman–Crippen LogP) is 12.7. The number of ketones is 1. The number of rotatable bonds is 11. The standard InChI is InChI=1S/C13H12F3N3O.C13H11F3N2O2.C11H10F3N3.C9H6BrF3O2.C5H7N.CH4O.HI/c1-8-6-19(7-18-8)11-3-9(12(20)5-17)2-10(4-11)13(14,15)16;1-9-5-18(7-17-9)12-3-10(6-20-8-19)2-11(4-12)13(14,15)16;1-7-5-17(6-16-7)10-3-8(11(12,13)14)2-9(15)4-10;10-8-2-6(4-15-5-14)1-7(3-8)9(11,12)13;1-5-3-2-4-6-5;1-2;/h2-4,6-7H,5,17H2,1H3;2-5,7-8H,6H2,1H3;2-6H,15H2,1H3;1-3,5H,4H2;3-4H,2H2,1H3;2H,1H3;1H. The van der Waals surface area contributed by atoms with Crippen LogP contribution in [0.25, 0.3) is 17.1 Å². The van der Waals surface area contributed by atoms with Crippen molar-refractivity contribution in [2.75, 3.05) is 19.4 Å². The molecule has 1 aliphatic rings. The average molecular weight is 1330 g/mol. The van der Waals surface area contributed by atoms with Crippen molar-refractivity contribution in [1.82, 2.24) is 28.7 Å². The van der Waals surface area contributed by atoms with Crippen molar-refractivity contribution < 1.29 is 81.6 Å². The number of ether oxygens (including phenoxy) is 2. The van der Waals surface area contributed by atoms with Crippen LogP contribution in [-0.2, 0) is 57.0 Å². The topological polar surface area (TPSA) is 208 Å². The molecule has 0 unspecified atom stereocenters. The molecule has 0 amide bonds. The van der Waals surface area contributed by atoms with E-state index in [2.05, 4.69) is 51.4 Å². The van der Waals surface area contributed by atoms with Gasteiger partial charge in [0.05, 0.1) is 64.9 Å². The van der Waals surface area contributed by atoms with Crippen LogP contribution >= 0.6 is 39.9 Å². The number of hydrogen-bond donors (Lipinski definition) is 3. The summed E-state index contributed by atoms with van der Waals surface area (Å²) in [5, 5.41) is 7.00. The summed E-state index contributed by atoms with van der Waals surface area (Å²) >= 11 is 2.95. The number of halogens is 14. The molecule has 3 aromatic heterocycles. The van der Waals surface area contributed by atoms with E-state index in [4.69, 9.17) is 16.6 Å². The number of hydrogen-bond acceptors (Lipinski definition) is 12. The second-order valence-corrected chi connectivity index (χ2v) is 17.3. The number of imidazole rings is 3. The fraction of sp³-hybridized carbons (Fsp3) is 0.250. The zero-order valence-corrected chi connectivity index (χ0v) is 47.0. The Balaban J connectivity index is 0.000000353. The fourth-order valence-electron chi connectivity index (χ4n) is 6.54. The van der Waals surface area contributed by atoms with Crippen molar-refractivity contribution in [3.05, 3.63) is 183 Å². The Morgan fingerprint density at radius 1 is 0.593 bits per heavy atom. The van der Waals surface area contributed by atoms with Gasteiger partial charge in [-0.2, -0.15) is 52.7 Å². The van der Waals surface area contributed by atoms with Gasteiger partial charge in [-0.25, -0.2) is 15.0 Å². The SMILES string of the molecule is CC1=CCC=N1.CO.Cc1cn(-c2cc(C(=O)CN)cc(C(F)(F)F)c2)cn1.Cc1cn(-c2cc(COC=O)cc(C(F)(F)F)c2)cn1.Cc1cn(-c2cc(N)cc(C(F)(F)F)c2)cn1.I.O=COCc1cc(Br)cc(C(F)(F)F)c1. The molecule has 1 aliphatic heterocycles. The van der Waals surface area contributed by atoms with Crippen LogP contribution in [0.5, 0.6) is 0 Å². The van der Waals surface area contributed by atoms with Crippen LogP contribution in [0.3, 0.4) is 0 Å². The summed E-state index contributed by atoms with van der Waals surface area (Å²) in [6, 6.07) is 13.4. The van der Waals surface area contributed by atoms with E-state index in [0.717, 1.165) is 73.5 Å². The summed E-state index contributed by atoms with van der Waals surface area (Å²) in [7, 11) is 1.00. The molecule has 0 atom stereocenters. The molecule has 8 rings (SSSR count). The number of alkyl halides is 12. The van der Waals surface area contributed by atoms with Crippen molar-refractivity contribution in [3.8, 4) is 17.1 Å². The summed E-state index contributed by atoms with van der Waals surface area (Å²) in [6.07, 6.45) is -3.68. The first-order valence-electron chi connectivity index (χ1n) is 22.7. The number of Topliss-reactive ketones (excluding diaryl/α,β-unsaturated/α-hetero) is 1. The molecule has 7 aromatic rings. The zero-order chi connectivity index (χ0) is 60.2. The minimum Gasteiger partial charge on any atom is -0.463 e. The molecule has 0 radical (unpaired) electrons. The number of carbonyl (C=O) groups is 3. The average Bonchev–Trinajstić information content (AvgIpc) is 4.25. The number of nitrogens with two attached hydrogens (primary N) is 2. The highest BCUT2D eigenvalue weighted by Crippen LogP contribution is 2.35. The van der Waals surface area contributed by atoms with E-state index >= 15 is 0 Å². The monoisotopic (exact) mass is 1330 g/mol. The Kier molecular flexibility index (Phi) is 27.2. The van der Waals surface area contributed by atoms with Gasteiger partial charge in [0.25, 0.3) is 12.9 Å². The Labute approximate surface area is 480 Å². The van der Waals surface area contributed by atoms with E-state index in [-0.39, 0.29) is 84.7 Å². The summed E-state index contributed by atoms with van der Waals surface area (Å²) in [4.78, 5) is 47.5. The Morgan fingerprint density at radius 2 is 0.975 bits per heavy atom. The molecule has 5 N–H and O–H groups in total. The largest absolute Gasteiger partial charge is 0.463 e. The number of aryl methyl sites for hydroxylation is 3. The van der Waals surface area contributed by atoms with Gasteiger partial charge >= 0.3 is 24.7 Å². The molecule has 29 heteroatoms. The van der Waals surface area contributed by atoms with E-state index in [0.29, 0.717) is 27.2 Å². The third-order valence-electron chi connectivity index (χ3n) is 10.1. The number of allylic oxidation sites excluding steroid dienone is 2. The quantitative estimate of drug-likeness (QED) is 0.0365. The summed E-state index contributed by atoms with van der Waals surface area (Å²) in [5.41, 5.74) is 12.1. The number of aromatic nitrogens is 6. The van der Waals surface area contributed by atoms with Crippen LogP contribution in [0.1, 0.15) is 74.2 Å². The lowest BCUT2D eigenvalue weighted by molar-refractivity contribution is -0.138. The van der Waals surface area contributed by atoms with Crippen LogP contribution < -0.4 is 11.5 Å². The van der Waals surface area contributed by atoms with Gasteiger partial charge in [0.1, 0.15) is 13.2 Å². The second kappa shape index (κ2) is 31.6. The summed E-state index contributed by atoms with van der Waals surface area (Å²) in [6.45, 7) is 6.87. The Hall–Kier alpha value is -7.38. The molecule has 0 fully saturated rings. The summed E-state index contributed by atoms with van der Waals surface area (Å²) in [5.74, 6) is -0.547. The lowest BCUT2D eigenvalue weighted by Crippen LogP contribution is -2.16. The lowest BCUT2D eigenvalue weighted by atomic mass is 10.1. The molecular formula is C52H51BrF12IN9O6. The summed E-state index contributed by atoms with van der Waals surface area (Å²) < 4.78 is 166. The molecule has 438 valence electrons. The van der Waals surface area contributed by atoms with Gasteiger partial charge < -0.3 is 39.7 Å². The molecule has 4 aromatic carbocycles. The normalized spacial score (nSPS) is 11.7. The highest BCUT2D eigenvalue weighted by Gasteiger charge is 2.34. The fourth-order valence-corrected chi connectivity index (χ4v) is 7.08. The number of nitrogen functional groups attached to an aromatic ring is 1. The first-order valence-corrected chi connectivity index (χ1v) is 23.5. The van der Waals surface area contributed by atoms with E-state index in [9.17, 15) is 67.1 Å². The minimum absolute atomic E-state index is 0. The maximum Gasteiger partial charge on any atom is 0.416 e. The lowest BCUT2D eigenvalue weighted by Gasteiger charge is -2.12. The van der Waals surface area contributed by atoms with Gasteiger partial charge in [-0.15, -0.1) is 24.0 Å². The van der Waals surface area contributed by atoms with Crippen LogP contribution in [-0.4, -0.2) is 72.4 Å². The van der Waals surface area contributed by atoms with Crippen LogP contribution in [0.4, 0.5) is 58.4 Å². The van der Waals surface area contributed by atoms with E-state index in [1.807, 2.05) is 13.1 Å². The smallest absolute Gasteiger partial charge is 0.416 e. The first-order chi connectivity index (χ1) is 37.4. The number of benzene rings is 4. The molecule has 0 saturated heterocycles. The molecule has 0 spiro atoms. The number of aliphatic hydroxyl groups excluding tert-OH is 1. The second-order valence-electron chi connectivity index (χ2n) is 16.4. The molecule has 0 aliphatic carbocycles. The Bertz CT molecular complexity index is 3220.